The van der Waals surface area contributed by atoms with E-state index < -0.39 is 0 Å². The Morgan fingerprint density at radius 1 is 1.00 bits per heavy atom. The Hall–Kier alpha value is -3.74. The maximum Gasteiger partial charge on any atom is 0.270 e. The van der Waals surface area contributed by atoms with Gasteiger partial charge < -0.3 is 0 Å². The molecule has 0 fully saturated rings. The lowest BCUT2D eigenvalue weighted by molar-refractivity contribution is 0.0963. The fourth-order valence-electron chi connectivity index (χ4n) is 3.40. The van der Waals surface area contributed by atoms with E-state index in [1.807, 2.05) is 45.0 Å². The minimum absolute atomic E-state index is 0.157. The zero-order chi connectivity index (χ0) is 20.5. The van der Waals surface area contributed by atoms with Gasteiger partial charge in [-0.3, -0.25) is 30.0 Å². The molecule has 0 atom stereocenters. The summed E-state index contributed by atoms with van der Waals surface area (Å²) in [6.07, 6.45) is 0. The molecule has 0 radical (unpaired) electrons. The van der Waals surface area contributed by atoms with Crippen LogP contribution in [0.5, 0.6) is 0 Å². The van der Waals surface area contributed by atoms with Crippen LogP contribution in [0, 0.1) is 13.8 Å². The number of hydrazine groups is 1. The fourth-order valence-corrected chi connectivity index (χ4v) is 3.40. The third kappa shape index (κ3) is 3.42. The van der Waals surface area contributed by atoms with Crippen LogP contribution in [-0.2, 0) is 6.54 Å². The molecule has 1 amide bonds. The van der Waals surface area contributed by atoms with E-state index in [4.69, 9.17) is 0 Å². The third-order valence-corrected chi connectivity index (χ3v) is 4.80. The average Bonchev–Trinajstić information content (AvgIpc) is 2.72. The van der Waals surface area contributed by atoms with Gasteiger partial charge in [0.2, 0.25) is 5.95 Å². The number of rotatable bonds is 4. The van der Waals surface area contributed by atoms with E-state index in [0.29, 0.717) is 23.0 Å². The Morgan fingerprint density at radius 3 is 2.55 bits per heavy atom. The molecule has 0 saturated carbocycles. The van der Waals surface area contributed by atoms with Crippen molar-refractivity contribution in [1.29, 1.82) is 0 Å². The first-order valence-corrected chi connectivity index (χ1v) is 9.42. The zero-order valence-corrected chi connectivity index (χ0v) is 16.5. The summed E-state index contributed by atoms with van der Waals surface area (Å²) in [6.45, 7) is 6.10. The highest BCUT2D eigenvalue weighted by atomic mass is 16.2. The monoisotopic (exact) mass is 387 g/mol. The first kappa shape index (κ1) is 18.6. The van der Waals surface area contributed by atoms with E-state index in [0.717, 1.165) is 22.2 Å². The molecule has 0 unspecified atom stereocenters. The van der Waals surface area contributed by atoms with Gasteiger partial charge >= 0.3 is 0 Å². The predicted molar refractivity (Wildman–Crippen MR) is 114 cm³/mol. The van der Waals surface area contributed by atoms with Crippen molar-refractivity contribution in [2.75, 3.05) is 5.43 Å². The van der Waals surface area contributed by atoms with Gasteiger partial charge in [0, 0.05) is 17.6 Å². The Labute approximate surface area is 167 Å². The second-order valence-electron chi connectivity index (χ2n) is 6.91. The molecule has 0 spiro atoms. The van der Waals surface area contributed by atoms with Crippen molar-refractivity contribution < 1.29 is 4.79 Å². The predicted octanol–water partition coefficient (Wildman–Crippen LogP) is 3.34. The lowest BCUT2D eigenvalue weighted by atomic mass is 10.0. The van der Waals surface area contributed by atoms with E-state index in [1.54, 1.807) is 24.3 Å². The molecule has 2 aromatic heterocycles. The number of hydrogen-bond acceptors (Lipinski definition) is 5. The van der Waals surface area contributed by atoms with Gasteiger partial charge in [0.1, 0.15) is 0 Å². The number of nitrogens with one attached hydrogen (secondary N) is 2. The summed E-state index contributed by atoms with van der Waals surface area (Å²) in [6, 6.07) is 14.7. The number of nitrogens with zero attached hydrogens (tertiary/aromatic N) is 3. The molecule has 29 heavy (non-hydrogen) atoms. The number of amides is 1. The van der Waals surface area contributed by atoms with Crippen molar-refractivity contribution in [2.45, 2.75) is 27.3 Å². The first-order chi connectivity index (χ1) is 14.0. The second-order valence-corrected chi connectivity index (χ2v) is 6.91. The van der Waals surface area contributed by atoms with Crippen molar-refractivity contribution in [3.63, 3.8) is 0 Å². The zero-order valence-electron chi connectivity index (χ0n) is 16.5. The van der Waals surface area contributed by atoms with E-state index in [9.17, 15) is 9.59 Å². The Morgan fingerprint density at radius 2 is 1.76 bits per heavy atom. The minimum atomic E-state index is -0.323. The third-order valence-electron chi connectivity index (χ3n) is 4.80. The normalized spacial score (nSPS) is 11.0. The number of hydrogen-bond donors (Lipinski definition) is 2. The number of benzene rings is 2. The Bertz CT molecular complexity index is 1310. The van der Waals surface area contributed by atoms with Crippen LogP contribution < -0.4 is 16.4 Å². The summed E-state index contributed by atoms with van der Waals surface area (Å²) in [5.41, 5.74) is 8.98. The molecule has 7 heteroatoms. The van der Waals surface area contributed by atoms with Gasteiger partial charge in [0.15, 0.2) is 0 Å². The Kier molecular flexibility index (Phi) is 4.72. The SMILES string of the molecule is CCn1c(NNC(=O)c2cc(C)nc3ccc(C)cc23)nc2ccccc2c1=O. The molecule has 0 aliphatic carbocycles. The van der Waals surface area contributed by atoms with Gasteiger partial charge in [0.05, 0.1) is 22.0 Å². The molecule has 0 aliphatic rings. The van der Waals surface area contributed by atoms with Gasteiger partial charge in [-0.15, -0.1) is 0 Å². The van der Waals surface area contributed by atoms with Crippen LogP contribution in [-0.4, -0.2) is 20.4 Å². The van der Waals surface area contributed by atoms with Crippen molar-refractivity contribution >= 4 is 33.7 Å². The summed E-state index contributed by atoms with van der Waals surface area (Å²) >= 11 is 0. The number of para-hydroxylation sites is 1. The molecule has 4 rings (SSSR count). The smallest absolute Gasteiger partial charge is 0.270 e. The molecule has 0 saturated heterocycles. The largest absolute Gasteiger partial charge is 0.277 e. The van der Waals surface area contributed by atoms with E-state index in [2.05, 4.69) is 20.8 Å². The number of aryl methyl sites for hydroxylation is 2. The number of carbonyl (C=O) groups excluding carboxylic acids is 1. The average molecular weight is 387 g/mol. The van der Waals surface area contributed by atoms with Crippen LogP contribution >= 0.6 is 0 Å². The lowest BCUT2D eigenvalue weighted by Gasteiger charge is -2.15. The highest BCUT2D eigenvalue weighted by Gasteiger charge is 2.14. The maximum absolute atomic E-state index is 12.9. The van der Waals surface area contributed by atoms with Crippen LogP contribution in [0.15, 0.2) is 53.3 Å². The van der Waals surface area contributed by atoms with Crippen LogP contribution in [0.4, 0.5) is 5.95 Å². The van der Waals surface area contributed by atoms with Crippen molar-refractivity contribution in [2.24, 2.45) is 0 Å². The summed E-state index contributed by atoms with van der Waals surface area (Å²) in [5, 5.41) is 1.31. The fraction of sp³-hybridized carbons (Fsp3) is 0.182. The highest BCUT2D eigenvalue weighted by molar-refractivity contribution is 6.06. The van der Waals surface area contributed by atoms with Crippen LogP contribution in [0.3, 0.4) is 0 Å². The summed E-state index contributed by atoms with van der Waals surface area (Å²) < 4.78 is 1.49. The van der Waals surface area contributed by atoms with Crippen LogP contribution in [0.25, 0.3) is 21.8 Å². The minimum Gasteiger partial charge on any atom is -0.277 e. The molecule has 2 heterocycles. The molecule has 4 aromatic rings. The highest BCUT2D eigenvalue weighted by Crippen LogP contribution is 2.20. The van der Waals surface area contributed by atoms with Gasteiger partial charge in [0.25, 0.3) is 11.5 Å². The molecular weight excluding hydrogens is 366 g/mol. The topological polar surface area (TPSA) is 88.9 Å². The number of pyridine rings is 1. The molecule has 0 aliphatic heterocycles. The number of anilines is 1. The molecular formula is C22H21N5O2. The Balaban J connectivity index is 1.70. The summed E-state index contributed by atoms with van der Waals surface area (Å²) in [7, 11) is 0. The standard InChI is InChI=1S/C22H21N5O2/c1-4-27-21(29)15-7-5-6-8-18(15)24-22(27)26-25-20(28)17-12-14(3)23-19-10-9-13(2)11-16(17)19/h5-12H,4H2,1-3H3,(H,24,26)(H,25,28). The van der Waals surface area contributed by atoms with E-state index in [1.165, 1.54) is 4.57 Å². The van der Waals surface area contributed by atoms with Gasteiger partial charge in [-0.05, 0) is 51.1 Å². The van der Waals surface area contributed by atoms with Crippen molar-refractivity contribution in [1.82, 2.24) is 20.0 Å². The maximum atomic E-state index is 12.9. The number of fused-ring (bicyclic) bond motifs is 2. The van der Waals surface area contributed by atoms with Gasteiger partial charge in [-0.1, -0.05) is 23.8 Å². The summed E-state index contributed by atoms with van der Waals surface area (Å²) in [4.78, 5) is 34.6. The van der Waals surface area contributed by atoms with E-state index in [-0.39, 0.29) is 17.4 Å². The van der Waals surface area contributed by atoms with E-state index >= 15 is 0 Å². The first-order valence-electron chi connectivity index (χ1n) is 9.42. The van der Waals surface area contributed by atoms with Crippen molar-refractivity contribution in [3.05, 3.63) is 75.7 Å². The molecule has 0 bridgehead atoms. The summed E-state index contributed by atoms with van der Waals surface area (Å²) in [5.74, 6) is -0.0352. The number of carbonyl (C=O) groups is 1. The molecule has 2 N–H and O–H groups in total. The lowest BCUT2D eigenvalue weighted by Crippen LogP contribution is -2.34. The number of aromatic nitrogens is 3. The molecule has 7 nitrogen and oxygen atoms in total. The van der Waals surface area contributed by atoms with Gasteiger partial charge in [-0.25, -0.2) is 4.98 Å². The second kappa shape index (κ2) is 7.35. The van der Waals surface area contributed by atoms with Gasteiger partial charge in [-0.2, -0.15) is 0 Å². The molecule has 146 valence electrons. The van der Waals surface area contributed by atoms with Crippen molar-refractivity contribution in [3.8, 4) is 0 Å². The van der Waals surface area contributed by atoms with Crippen LogP contribution in [0.1, 0.15) is 28.5 Å². The molecule has 2 aromatic carbocycles. The quantitative estimate of drug-likeness (QED) is 0.524. The van der Waals surface area contributed by atoms with Crippen LogP contribution in [0.2, 0.25) is 0 Å².